The summed E-state index contributed by atoms with van der Waals surface area (Å²) in [7, 11) is 2.16. The molecule has 0 aliphatic carbocycles. The number of rotatable bonds is 9. The minimum absolute atomic E-state index is 0.0333. The average molecular weight is 456 g/mol. The standard InChI is InChI=1S/C28H33N5O/c1-32-17-19-33(20-18-32)16-6-15-30-28(34)24-8-5-11-27(22-24)31-26-10-4-7-23(21-26)12-13-25-9-2-3-14-29-25/h2-5,7-14,21-22,31H,6,15-20H2,1H3,(H,30,34)/b13-12+. The van der Waals surface area contributed by atoms with E-state index in [1.54, 1.807) is 6.20 Å². The number of pyridine rings is 1. The Morgan fingerprint density at radius 2 is 1.74 bits per heavy atom. The van der Waals surface area contributed by atoms with Crippen LogP contribution in [0.2, 0.25) is 0 Å². The highest BCUT2D eigenvalue weighted by Crippen LogP contribution is 2.20. The lowest BCUT2D eigenvalue weighted by molar-refractivity contribution is 0.0949. The van der Waals surface area contributed by atoms with Crippen LogP contribution < -0.4 is 10.6 Å². The van der Waals surface area contributed by atoms with Crippen molar-refractivity contribution in [2.45, 2.75) is 6.42 Å². The van der Waals surface area contributed by atoms with Gasteiger partial charge in [-0.25, -0.2) is 0 Å². The number of carbonyl (C=O) groups is 1. The van der Waals surface area contributed by atoms with E-state index < -0.39 is 0 Å². The summed E-state index contributed by atoms with van der Waals surface area (Å²) in [4.78, 5) is 21.8. The van der Waals surface area contributed by atoms with Crippen molar-refractivity contribution in [3.05, 3.63) is 89.7 Å². The van der Waals surface area contributed by atoms with Gasteiger partial charge >= 0.3 is 0 Å². The number of piperazine rings is 1. The summed E-state index contributed by atoms with van der Waals surface area (Å²) in [6.07, 6.45) is 6.79. The maximum Gasteiger partial charge on any atom is 0.251 e. The topological polar surface area (TPSA) is 60.5 Å². The van der Waals surface area contributed by atoms with Gasteiger partial charge in [0.15, 0.2) is 0 Å². The monoisotopic (exact) mass is 455 g/mol. The van der Waals surface area contributed by atoms with Gasteiger partial charge in [-0.2, -0.15) is 0 Å². The number of benzene rings is 2. The third kappa shape index (κ3) is 7.27. The highest BCUT2D eigenvalue weighted by Gasteiger charge is 2.13. The van der Waals surface area contributed by atoms with E-state index in [1.165, 1.54) is 0 Å². The summed E-state index contributed by atoms with van der Waals surface area (Å²) < 4.78 is 0. The fourth-order valence-corrected chi connectivity index (χ4v) is 3.96. The van der Waals surface area contributed by atoms with E-state index in [-0.39, 0.29) is 5.91 Å². The first kappa shape index (κ1) is 23.7. The number of anilines is 2. The molecular formula is C28H33N5O. The molecule has 0 spiro atoms. The molecule has 1 aromatic heterocycles. The van der Waals surface area contributed by atoms with Crippen molar-refractivity contribution in [3.63, 3.8) is 0 Å². The van der Waals surface area contributed by atoms with E-state index in [0.717, 1.165) is 61.8 Å². The summed E-state index contributed by atoms with van der Waals surface area (Å²) in [6.45, 7) is 6.18. The molecule has 0 atom stereocenters. The van der Waals surface area contributed by atoms with E-state index in [1.807, 2.05) is 66.7 Å². The van der Waals surface area contributed by atoms with E-state index in [0.29, 0.717) is 12.1 Å². The number of nitrogens with one attached hydrogen (secondary N) is 2. The number of hydrogen-bond acceptors (Lipinski definition) is 5. The lowest BCUT2D eigenvalue weighted by Gasteiger charge is -2.32. The van der Waals surface area contributed by atoms with Gasteiger partial charge in [-0.1, -0.05) is 30.3 Å². The normalized spacial score (nSPS) is 14.9. The van der Waals surface area contributed by atoms with Crippen LogP contribution in [0.3, 0.4) is 0 Å². The molecular weight excluding hydrogens is 422 g/mol. The minimum Gasteiger partial charge on any atom is -0.355 e. The van der Waals surface area contributed by atoms with Gasteiger partial charge in [0, 0.05) is 55.9 Å². The van der Waals surface area contributed by atoms with Crippen molar-refractivity contribution in [2.75, 3.05) is 51.6 Å². The predicted molar refractivity (Wildman–Crippen MR) is 140 cm³/mol. The maximum absolute atomic E-state index is 12.6. The number of amides is 1. The van der Waals surface area contributed by atoms with Crippen LogP contribution in [-0.2, 0) is 0 Å². The zero-order chi connectivity index (χ0) is 23.6. The van der Waals surface area contributed by atoms with E-state index in [2.05, 4.69) is 44.6 Å². The second kappa shape index (κ2) is 12.1. The van der Waals surface area contributed by atoms with Gasteiger partial charge in [0.25, 0.3) is 5.91 Å². The average Bonchev–Trinajstić information content (AvgIpc) is 2.87. The Kier molecular flexibility index (Phi) is 8.43. The summed E-state index contributed by atoms with van der Waals surface area (Å²) in [5.41, 5.74) is 4.51. The molecule has 1 aliphatic rings. The fourth-order valence-electron chi connectivity index (χ4n) is 3.96. The molecule has 2 N–H and O–H groups in total. The Hall–Kier alpha value is -3.48. The largest absolute Gasteiger partial charge is 0.355 e. The third-order valence-electron chi connectivity index (χ3n) is 5.97. The van der Waals surface area contributed by atoms with E-state index in [9.17, 15) is 4.79 Å². The number of nitrogens with zero attached hydrogens (tertiary/aromatic N) is 3. The van der Waals surface area contributed by atoms with Crippen LogP contribution in [-0.4, -0.2) is 67.0 Å². The summed E-state index contributed by atoms with van der Waals surface area (Å²) in [5.74, 6) is -0.0333. The summed E-state index contributed by atoms with van der Waals surface area (Å²) >= 11 is 0. The molecule has 2 aromatic carbocycles. The predicted octanol–water partition coefficient (Wildman–Crippen LogP) is 4.36. The lowest BCUT2D eigenvalue weighted by Crippen LogP contribution is -2.45. The summed E-state index contributed by atoms with van der Waals surface area (Å²) in [5, 5.41) is 6.47. The van der Waals surface area contributed by atoms with Gasteiger partial charge in [-0.3, -0.25) is 9.78 Å². The minimum atomic E-state index is -0.0333. The maximum atomic E-state index is 12.6. The Morgan fingerprint density at radius 3 is 2.53 bits per heavy atom. The highest BCUT2D eigenvalue weighted by molar-refractivity contribution is 5.95. The zero-order valence-electron chi connectivity index (χ0n) is 19.8. The fraction of sp³-hybridized carbons (Fsp3) is 0.286. The van der Waals surface area contributed by atoms with Gasteiger partial charge in [-0.15, -0.1) is 0 Å². The van der Waals surface area contributed by atoms with Gasteiger partial charge in [0.1, 0.15) is 0 Å². The van der Waals surface area contributed by atoms with Crippen molar-refractivity contribution in [1.29, 1.82) is 0 Å². The Morgan fingerprint density at radius 1 is 0.941 bits per heavy atom. The molecule has 6 heteroatoms. The molecule has 1 amide bonds. The molecule has 3 aromatic rings. The van der Waals surface area contributed by atoms with Crippen molar-refractivity contribution in [2.24, 2.45) is 0 Å². The van der Waals surface area contributed by atoms with Gasteiger partial charge in [-0.05, 0) is 74.1 Å². The molecule has 0 saturated carbocycles. The number of likely N-dealkylation sites (N-methyl/N-ethyl adjacent to an activating group) is 1. The molecule has 1 saturated heterocycles. The van der Waals surface area contributed by atoms with Crippen LogP contribution in [0.15, 0.2) is 72.9 Å². The van der Waals surface area contributed by atoms with Crippen molar-refractivity contribution >= 4 is 29.4 Å². The van der Waals surface area contributed by atoms with Crippen LogP contribution in [0.4, 0.5) is 11.4 Å². The first-order valence-corrected chi connectivity index (χ1v) is 11.9. The molecule has 6 nitrogen and oxygen atoms in total. The Bertz CT molecular complexity index is 1090. The second-order valence-electron chi connectivity index (χ2n) is 8.67. The lowest BCUT2D eigenvalue weighted by atomic mass is 10.1. The first-order valence-electron chi connectivity index (χ1n) is 11.9. The van der Waals surface area contributed by atoms with E-state index in [4.69, 9.17) is 0 Å². The quantitative estimate of drug-likeness (QED) is 0.470. The van der Waals surface area contributed by atoms with Crippen LogP contribution >= 0.6 is 0 Å². The summed E-state index contributed by atoms with van der Waals surface area (Å²) in [6, 6.07) is 21.6. The van der Waals surface area contributed by atoms with Crippen molar-refractivity contribution < 1.29 is 4.79 Å². The highest BCUT2D eigenvalue weighted by atomic mass is 16.1. The van der Waals surface area contributed by atoms with E-state index >= 15 is 0 Å². The smallest absolute Gasteiger partial charge is 0.251 e. The molecule has 0 unspecified atom stereocenters. The van der Waals surface area contributed by atoms with Crippen LogP contribution in [0, 0.1) is 0 Å². The molecule has 176 valence electrons. The number of carbonyl (C=O) groups excluding carboxylic acids is 1. The zero-order valence-corrected chi connectivity index (χ0v) is 19.8. The number of aromatic nitrogens is 1. The molecule has 4 rings (SSSR count). The molecule has 0 bridgehead atoms. The Balaban J connectivity index is 1.28. The number of hydrogen-bond donors (Lipinski definition) is 2. The van der Waals surface area contributed by atoms with Gasteiger partial charge in [0.05, 0.1) is 5.69 Å². The molecule has 34 heavy (non-hydrogen) atoms. The van der Waals surface area contributed by atoms with Gasteiger partial charge in [0.2, 0.25) is 0 Å². The second-order valence-corrected chi connectivity index (χ2v) is 8.67. The third-order valence-corrected chi connectivity index (χ3v) is 5.97. The molecule has 1 fully saturated rings. The van der Waals surface area contributed by atoms with Crippen LogP contribution in [0.25, 0.3) is 12.2 Å². The Labute approximate surface area is 202 Å². The molecule has 1 aliphatic heterocycles. The molecule has 0 radical (unpaired) electrons. The van der Waals surface area contributed by atoms with Crippen molar-refractivity contribution in [1.82, 2.24) is 20.1 Å². The molecule has 2 heterocycles. The first-order chi connectivity index (χ1) is 16.7. The van der Waals surface area contributed by atoms with Gasteiger partial charge < -0.3 is 20.4 Å². The van der Waals surface area contributed by atoms with Crippen molar-refractivity contribution in [3.8, 4) is 0 Å². The SMILES string of the molecule is CN1CCN(CCCNC(=O)c2cccc(Nc3cccc(/C=C/c4ccccn4)c3)c2)CC1. The van der Waals surface area contributed by atoms with Crippen LogP contribution in [0.5, 0.6) is 0 Å². The van der Waals surface area contributed by atoms with Crippen LogP contribution in [0.1, 0.15) is 28.0 Å².